The summed E-state index contributed by atoms with van der Waals surface area (Å²) in [5.41, 5.74) is 7.92. The van der Waals surface area contributed by atoms with Crippen molar-refractivity contribution in [2.75, 3.05) is 19.7 Å². The van der Waals surface area contributed by atoms with Gasteiger partial charge in [0.15, 0.2) is 6.61 Å². The second kappa shape index (κ2) is 7.42. The highest BCUT2D eigenvalue weighted by Gasteiger charge is 2.23. The van der Waals surface area contributed by atoms with Crippen molar-refractivity contribution in [2.45, 2.75) is 12.8 Å². The molecule has 120 valence electrons. The minimum atomic E-state index is -0.604. The zero-order valence-corrected chi connectivity index (χ0v) is 12.6. The molecule has 1 fully saturated rings. The molecule has 1 aliphatic heterocycles. The number of amides is 2. The van der Waals surface area contributed by atoms with E-state index in [-0.39, 0.29) is 35.1 Å². The van der Waals surface area contributed by atoms with Gasteiger partial charge in [0.1, 0.15) is 11.6 Å². The summed E-state index contributed by atoms with van der Waals surface area (Å²) in [6.07, 6.45) is 1.22. The van der Waals surface area contributed by atoms with Gasteiger partial charge in [-0.2, -0.15) is 0 Å². The second-order valence-corrected chi connectivity index (χ2v) is 5.47. The number of nitrogens with zero attached hydrogens (tertiary/aromatic N) is 1. The quantitative estimate of drug-likeness (QED) is 0.846. The summed E-state index contributed by atoms with van der Waals surface area (Å²) in [6.45, 7) is 0.862. The van der Waals surface area contributed by atoms with E-state index in [9.17, 15) is 14.0 Å². The molecule has 0 unspecified atom stereocenters. The summed E-state index contributed by atoms with van der Waals surface area (Å²) in [4.78, 5) is 22.8. The smallest absolute Gasteiger partial charge is 0.272 e. The van der Waals surface area contributed by atoms with Crippen LogP contribution in [0, 0.1) is 11.7 Å². The van der Waals surface area contributed by atoms with E-state index in [1.165, 1.54) is 12.1 Å². The van der Waals surface area contributed by atoms with Crippen molar-refractivity contribution in [1.29, 1.82) is 0 Å². The van der Waals surface area contributed by atoms with Crippen molar-refractivity contribution in [2.24, 2.45) is 11.7 Å². The molecule has 8 heteroatoms. The first-order valence-corrected chi connectivity index (χ1v) is 7.25. The highest BCUT2D eigenvalue weighted by Crippen LogP contribution is 2.20. The number of nitrogens with two attached hydrogens (primary N) is 1. The number of hydrogen-bond donors (Lipinski definition) is 2. The molecule has 1 saturated heterocycles. The van der Waals surface area contributed by atoms with Crippen LogP contribution in [-0.2, 0) is 9.59 Å². The monoisotopic (exact) mass is 329 g/mol. The van der Waals surface area contributed by atoms with Crippen molar-refractivity contribution >= 4 is 23.4 Å². The van der Waals surface area contributed by atoms with E-state index < -0.39 is 5.82 Å². The van der Waals surface area contributed by atoms with Crippen LogP contribution in [0.25, 0.3) is 0 Å². The largest absolute Gasteiger partial charge is 0.484 e. The number of halogens is 2. The van der Waals surface area contributed by atoms with Gasteiger partial charge in [-0.05, 0) is 25.0 Å². The number of piperidine rings is 1. The Hall–Kier alpha value is -1.86. The van der Waals surface area contributed by atoms with Gasteiger partial charge in [-0.3, -0.25) is 15.0 Å². The number of carbonyl (C=O) groups is 2. The molecular formula is C14H17ClFN3O3. The lowest BCUT2D eigenvalue weighted by Crippen LogP contribution is -2.49. The molecule has 0 spiro atoms. The number of carbonyl (C=O) groups excluding carboxylic acids is 2. The molecule has 1 aromatic rings. The van der Waals surface area contributed by atoms with Gasteiger partial charge in [0.2, 0.25) is 5.91 Å². The maximum atomic E-state index is 13.2. The summed E-state index contributed by atoms with van der Waals surface area (Å²) in [5, 5.41) is 1.71. The van der Waals surface area contributed by atoms with E-state index in [4.69, 9.17) is 22.1 Å². The standard InChI is InChI=1S/C14H17ClFN3O3/c15-11-2-1-10(7-12(11)16)22-8-13(20)18-19-5-3-9(4-6-19)14(17)21/h1-2,7,9H,3-6,8H2,(H2,17,21)(H,18,20). The van der Waals surface area contributed by atoms with Gasteiger partial charge in [-0.1, -0.05) is 11.6 Å². The molecule has 1 aromatic carbocycles. The topological polar surface area (TPSA) is 84.7 Å². The van der Waals surface area contributed by atoms with Gasteiger partial charge in [0.05, 0.1) is 5.02 Å². The predicted octanol–water partition coefficient (Wildman–Crippen LogP) is 1.09. The fraction of sp³-hybridized carbons (Fsp3) is 0.429. The molecule has 3 N–H and O–H groups in total. The van der Waals surface area contributed by atoms with E-state index in [0.717, 1.165) is 6.07 Å². The average molecular weight is 330 g/mol. The fourth-order valence-corrected chi connectivity index (χ4v) is 2.32. The maximum absolute atomic E-state index is 13.2. The third-order valence-electron chi connectivity index (χ3n) is 3.44. The van der Waals surface area contributed by atoms with Crippen LogP contribution in [-0.4, -0.2) is 36.5 Å². The molecular weight excluding hydrogens is 313 g/mol. The Labute approximate surface area is 132 Å². The van der Waals surface area contributed by atoms with Crippen molar-refractivity contribution in [3.63, 3.8) is 0 Å². The lowest BCUT2D eigenvalue weighted by molar-refractivity contribution is -0.129. The first kappa shape index (κ1) is 16.5. The lowest BCUT2D eigenvalue weighted by Gasteiger charge is -2.30. The number of hydrogen-bond acceptors (Lipinski definition) is 4. The first-order chi connectivity index (χ1) is 10.5. The third-order valence-corrected chi connectivity index (χ3v) is 3.75. The van der Waals surface area contributed by atoms with E-state index in [2.05, 4.69) is 5.43 Å². The first-order valence-electron chi connectivity index (χ1n) is 6.87. The van der Waals surface area contributed by atoms with Crippen LogP contribution in [0.5, 0.6) is 5.75 Å². The molecule has 0 radical (unpaired) electrons. The van der Waals surface area contributed by atoms with Gasteiger partial charge in [0, 0.05) is 25.1 Å². The van der Waals surface area contributed by atoms with Gasteiger partial charge in [-0.25, -0.2) is 9.40 Å². The summed E-state index contributed by atoms with van der Waals surface area (Å²) < 4.78 is 18.4. The van der Waals surface area contributed by atoms with Crippen LogP contribution in [0.2, 0.25) is 5.02 Å². The summed E-state index contributed by atoms with van der Waals surface area (Å²) in [5.74, 6) is -1.18. The van der Waals surface area contributed by atoms with Crippen molar-refractivity contribution in [3.05, 3.63) is 29.0 Å². The summed E-state index contributed by atoms with van der Waals surface area (Å²) >= 11 is 5.56. The van der Waals surface area contributed by atoms with Crippen LogP contribution in [0.4, 0.5) is 4.39 Å². The number of primary amides is 1. The van der Waals surface area contributed by atoms with Crippen LogP contribution in [0.1, 0.15) is 12.8 Å². The Morgan fingerprint density at radius 1 is 1.41 bits per heavy atom. The summed E-state index contributed by atoms with van der Waals surface area (Å²) in [7, 11) is 0. The lowest BCUT2D eigenvalue weighted by atomic mass is 9.97. The molecule has 0 aromatic heterocycles. The molecule has 0 bridgehead atoms. The Kier molecular flexibility index (Phi) is 5.57. The normalized spacial score (nSPS) is 16.3. The summed E-state index contributed by atoms with van der Waals surface area (Å²) in [6, 6.07) is 3.96. The predicted molar refractivity (Wildman–Crippen MR) is 78.5 cm³/mol. The van der Waals surface area contributed by atoms with Crippen LogP contribution in [0.3, 0.4) is 0 Å². The SMILES string of the molecule is NC(=O)C1CCN(NC(=O)COc2ccc(Cl)c(F)c2)CC1. The molecule has 2 amide bonds. The maximum Gasteiger partial charge on any atom is 0.272 e. The van der Waals surface area contributed by atoms with Gasteiger partial charge in [-0.15, -0.1) is 0 Å². The molecule has 0 aliphatic carbocycles. The molecule has 22 heavy (non-hydrogen) atoms. The Balaban J connectivity index is 1.74. The zero-order valence-electron chi connectivity index (χ0n) is 11.9. The Bertz CT molecular complexity index is 562. The Morgan fingerprint density at radius 3 is 2.68 bits per heavy atom. The number of benzene rings is 1. The van der Waals surface area contributed by atoms with E-state index in [1.54, 1.807) is 5.01 Å². The van der Waals surface area contributed by atoms with Gasteiger partial charge in [0.25, 0.3) is 5.91 Å². The van der Waals surface area contributed by atoms with Crippen LogP contribution >= 0.6 is 11.6 Å². The minimum absolute atomic E-state index is 0.00544. The van der Waals surface area contributed by atoms with Gasteiger partial charge < -0.3 is 10.5 Å². The average Bonchev–Trinajstić information content (AvgIpc) is 2.49. The zero-order chi connectivity index (χ0) is 16.1. The van der Waals surface area contributed by atoms with Crippen molar-refractivity contribution in [3.8, 4) is 5.75 Å². The Morgan fingerprint density at radius 2 is 2.09 bits per heavy atom. The second-order valence-electron chi connectivity index (χ2n) is 5.06. The highest BCUT2D eigenvalue weighted by atomic mass is 35.5. The van der Waals surface area contributed by atoms with Gasteiger partial charge >= 0.3 is 0 Å². The van der Waals surface area contributed by atoms with E-state index in [1.807, 2.05) is 0 Å². The number of hydrazine groups is 1. The number of ether oxygens (including phenoxy) is 1. The third kappa shape index (κ3) is 4.57. The molecule has 1 heterocycles. The highest BCUT2D eigenvalue weighted by molar-refractivity contribution is 6.30. The molecule has 1 aliphatic rings. The van der Waals surface area contributed by atoms with E-state index >= 15 is 0 Å². The van der Waals surface area contributed by atoms with Crippen molar-refractivity contribution < 1.29 is 18.7 Å². The fourth-order valence-electron chi connectivity index (χ4n) is 2.20. The molecule has 2 rings (SSSR count). The van der Waals surface area contributed by atoms with Crippen LogP contribution < -0.4 is 15.9 Å². The molecule has 6 nitrogen and oxygen atoms in total. The molecule has 0 saturated carbocycles. The minimum Gasteiger partial charge on any atom is -0.484 e. The molecule has 0 atom stereocenters. The van der Waals surface area contributed by atoms with Crippen LogP contribution in [0.15, 0.2) is 18.2 Å². The number of nitrogens with one attached hydrogen (secondary N) is 1. The van der Waals surface area contributed by atoms with Crippen molar-refractivity contribution in [1.82, 2.24) is 10.4 Å². The number of rotatable bonds is 5. The van der Waals surface area contributed by atoms with E-state index in [0.29, 0.717) is 25.9 Å².